The van der Waals surface area contributed by atoms with Crippen LogP contribution < -0.4 is 0 Å². The molecule has 0 nitrogen and oxygen atoms in total. The molecule has 0 N–H and O–H groups in total. The Hall–Kier alpha value is -1.32. The van der Waals surface area contributed by atoms with E-state index in [-0.39, 0.29) is 11.3 Å². The number of rotatable bonds is 3. The van der Waals surface area contributed by atoms with Crippen molar-refractivity contribution in [2.24, 2.45) is 11.3 Å². The van der Waals surface area contributed by atoms with Gasteiger partial charge in [0.15, 0.2) is 0 Å². The summed E-state index contributed by atoms with van der Waals surface area (Å²) in [6, 6.07) is 0. The molecular weight excluding hydrogens is 216 g/mol. The number of hydrogen-bond acceptors (Lipinski definition) is 0. The first-order valence-corrected chi connectivity index (χ1v) is 7.04. The Bertz CT molecular complexity index is 397. The molecule has 0 heterocycles. The van der Waals surface area contributed by atoms with Crippen molar-refractivity contribution in [1.29, 1.82) is 0 Å². The molecule has 98 valence electrons. The molecule has 0 aromatic heterocycles. The highest BCUT2D eigenvalue weighted by atomic mass is 14.2. The predicted molar refractivity (Wildman–Crippen MR) is 80.7 cm³/mol. The Balaban J connectivity index is 4.51. The maximum absolute atomic E-state index is 3.41. The van der Waals surface area contributed by atoms with E-state index in [9.17, 15) is 0 Å². The van der Waals surface area contributed by atoms with Crippen LogP contribution in [0.5, 0.6) is 0 Å². The van der Waals surface area contributed by atoms with Crippen molar-refractivity contribution >= 4 is 0 Å². The van der Waals surface area contributed by atoms with Crippen LogP contribution >= 0.6 is 0 Å². The van der Waals surface area contributed by atoms with Gasteiger partial charge < -0.3 is 0 Å². The molecule has 2 atom stereocenters. The first-order chi connectivity index (χ1) is 8.58. The Morgan fingerprint density at radius 2 is 1.61 bits per heavy atom. The van der Waals surface area contributed by atoms with Crippen molar-refractivity contribution in [3.05, 3.63) is 0 Å². The van der Waals surface area contributed by atoms with Gasteiger partial charge in [-0.05, 0) is 26.7 Å². The zero-order valence-electron chi connectivity index (χ0n) is 12.6. The van der Waals surface area contributed by atoms with E-state index >= 15 is 0 Å². The average Bonchev–Trinajstić information content (AvgIpc) is 2.39. The van der Waals surface area contributed by atoms with Crippen LogP contribution in [0.25, 0.3) is 0 Å². The van der Waals surface area contributed by atoms with Crippen LogP contribution in [0.3, 0.4) is 0 Å². The van der Waals surface area contributed by atoms with Crippen LogP contribution in [0.4, 0.5) is 0 Å². The second-order valence-corrected chi connectivity index (χ2v) is 4.79. The molecule has 0 saturated heterocycles. The molecule has 0 spiro atoms. The lowest BCUT2D eigenvalue weighted by Gasteiger charge is -2.20. The van der Waals surface area contributed by atoms with Crippen LogP contribution in [0.15, 0.2) is 0 Å². The molecule has 18 heavy (non-hydrogen) atoms. The molecule has 0 bridgehead atoms. The fourth-order valence-electron chi connectivity index (χ4n) is 1.45. The Morgan fingerprint density at radius 3 is 2.17 bits per heavy atom. The minimum Gasteiger partial charge on any atom is -0.104 e. The maximum atomic E-state index is 3.41. The van der Waals surface area contributed by atoms with Gasteiger partial charge in [0, 0.05) is 24.7 Å². The quantitative estimate of drug-likeness (QED) is 0.632. The molecule has 0 aliphatic heterocycles. The lowest BCUT2D eigenvalue weighted by atomic mass is 9.83. The zero-order valence-corrected chi connectivity index (χ0v) is 12.6. The standard InChI is InChI=1S/C18H26/c1-6-9-11-12-15-18(5,8-3)16-14-17(4)13-10-7-2/h17H,6-8,12,15H2,1-5H3. The molecule has 0 heteroatoms. The van der Waals surface area contributed by atoms with E-state index in [0.717, 1.165) is 32.1 Å². The largest absolute Gasteiger partial charge is 0.104 e. The summed E-state index contributed by atoms with van der Waals surface area (Å²) in [6.07, 6.45) is 4.92. The van der Waals surface area contributed by atoms with Crippen molar-refractivity contribution in [2.75, 3.05) is 0 Å². The molecule has 2 unspecified atom stereocenters. The molecule has 0 radical (unpaired) electrons. The molecule has 0 aliphatic carbocycles. The Kier molecular flexibility index (Phi) is 8.97. The third-order valence-corrected chi connectivity index (χ3v) is 2.97. The van der Waals surface area contributed by atoms with E-state index in [4.69, 9.17) is 0 Å². The van der Waals surface area contributed by atoms with Crippen LogP contribution in [0, 0.1) is 46.9 Å². The summed E-state index contributed by atoms with van der Waals surface area (Å²) >= 11 is 0. The normalized spacial score (nSPS) is 13.8. The monoisotopic (exact) mass is 242 g/mol. The summed E-state index contributed by atoms with van der Waals surface area (Å²) in [5, 5.41) is 0. The van der Waals surface area contributed by atoms with E-state index in [1.807, 2.05) is 0 Å². The predicted octanol–water partition coefficient (Wildman–Crippen LogP) is 4.65. The summed E-state index contributed by atoms with van der Waals surface area (Å²) in [7, 11) is 0. The fourth-order valence-corrected chi connectivity index (χ4v) is 1.45. The van der Waals surface area contributed by atoms with E-state index in [0.29, 0.717) is 0 Å². The topological polar surface area (TPSA) is 0 Å². The second-order valence-electron chi connectivity index (χ2n) is 4.79. The highest BCUT2D eigenvalue weighted by molar-refractivity contribution is 5.20. The minimum atomic E-state index is 0.0879. The van der Waals surface area contributed by atoms with Gasteiger partial charge in [-0.25, -0.2) is 0 Å². The van der Waals surface area contributed by atoms with Gasteiger partial charge in [0.05, 0.1) is 5.92 Å². The molecular formula is C18H26. The third kappa shape index (κ3) is 7.87. The van der Waals surface area contributed by atoms with E-state index in [1.54, 1.807) is 0 Å². The SMILES string of the molecule is CCC#CCCC(C)(C#CC(C)C#CCC)CC. The lowest BCUT2D eigenvalue weighted by molar-refractivity contribution is 0.401. The van der Waals surface area contributed by atoms with E-state index in [1.165, 1.54) is 0 Å². The summed E-state index contributed by atoms with van der Waals surface area (Å²) in [6.45, 7) is 10.6. The van der Waals surface area contributed by atoms with E-state index in [2.05, 4.69) is 70.1 Å². The third-order valence-electron chi connectivity index (χ3n) is 2.97. The molecule has 0 aromatic carbocycles. The first kappa shape index (κ1) is 16.7. The van der Waals surface area contributed by atoms with Crippen LogP contribution in [-0.4, -0.2) is 0 Å². The van der Waals surface area contributed by atoms with E-state index < -0.39 is 0 Å². The molecule has 0 fully saturated rings. The maximum Gasteiger partial charge on any atom is 0.0783 e. The smallest absolute Gasteiger partial charge is 0.0783 e. The van der Waals surface area contributed by atoms with Crippen molar-refractivity contribution in [3.63, 3.8) is 0 Å². The fraction of sp³-hybridized carbons (Fsp3) is 0.667. The Labute approximate surface area is 114 Å². The summed E-state index contributed by atoms with van der Waals surface area (Å²) in [4.78, 5) is 0. The highest BCUT2D eigenvalue weighted by Gasteiger charge is 2.17. The van der Waals surface area contributed by atoms with Gasteiger partial charge in [0.2, 0.25) is 0 Å². The lowest BCUT2D eigenvalue weighted by Crippen LogP contribution is -2.12. The van der Waals surface area contributed by atoms with Gasteiger partial charge >= 0.3 is 0 Å². The van der Waals surface area contributed by atoms with Gasteiger partial charge in [-0.1, -0.05) is 38.5 Å². The summed E-state index contributed by atoms with van der Waals surface area (Å²) in [5.74, 6) is 19.4. The molecule has 0 rings (SSSR count). The number of hydrogen-bond donors (Lipinski definition) is 0. The van der Waals surface area contributed by atoms with Crippen LogP contribution in [0.2, 0.25) is 0 Å². The van der Waals surface area contributed by atoms with Gasteiger partial charge in [-0.2, -0.15) is 0 Å². The first-order valence-electron chi connectivity index (χ1n) is 7.04. The zero-order chi connectivity index (χ0) is 13.9. The average molecular weight is 242 g/mol. The van der Waals surface area contributed by atoms with Gasteiger partial charge in [-0.3, -0.25) is 0 Å². The van der Waals surface area contributed by atoms with Gasteiger partial charge in [-0.15, -0.1) is 17.8 Å². The molecule has 0 aromatic rings. The van der Waals surface area contributed by atoms with Gasteiger partial charge in [0.25, 0.3) is 0 Å². The van der Waals surface area contributed by atoms with Gasteiger partial charge in [0.1, 0.15) is 0 Å². The van der Waals surface area contributed by atoms with Crippen molar-refractivity contribution in [2.45, 2.75) is 66.7 Å². The summed E-state index contributed by atoms with van der Waals surface area (Å²) < 4.78 is 0. The van der Waals surface area contributed by atoms with Crippen LogP contribution in [0.1, 0.15) is 66.7 Å². The van der Waals surface area contributed by atoms with Crippen molar-refractivity contribution < 1.29 is 0 Å². The minimum absolute atomic E-state index is 0.0879. The highest BCUT2D eigenvalue weighted by Crippen LogP contribution is 2.26. The van der Waals surface area contributed by atoms with Crippen LogP contribution in [-0.2, 0) is 0 Å². The summed E-state index contributed by atoms with van der Waals surface area (Å²) in [5.41, 5.74) is 0.0879. The van der Waals surface area contributed by atoms with Crippen molar-refractivity contribution in [3.8, 4) is 35.5 Å². The second kappa shape index (κ2) is 9.68. The Morgan fingerprint density at radius 1 is 0.944 bits per heavy atom. The molecule has 0 aliphatic rings. The molecule has 0 saturated carbocycles. The molecule has 0 amide bonds. The van der Waals surface area contributed by atoms with Crippen molar-refractivity contribution in [1.82, 2.24) is 0 Å².